The quantitative estimate of drug-likeness (QED) is 0.654. The first-order valence-corrected chi connectivity index (χ1v) is 3.91. The number of benzene rings is 1. The summed E-state index contributed by atoms with van der Waals surface area (Å²) in [6, 6.07) is 10.1. The van der Waals surface area contributed by atoms with Crippen molar-refractivity contribution < 1.29 is 0 Å². The van der Waals surface area contributed by atoms with Crippen LogP contribution >= 0.6 is 11.6 Å². The molecule has 0 saturated heterocycles. The third-order valence-corrected chi connectivity index (χ3v) is 1.85. The second-order valence-electron chi connectivity index (χ2n) is 2.33. The maximum atomic E-state index is 5.92. The number of halogens is 1. The molecule has 2 nitrogen and oxygen atoms in total. The Labute approximate surface area is 75.4 Å². The van der Waals surface area contributed by atoms with Crippen molar-refractivity contribution in [3.8, 4) is 5.69 Å². The Balaban J connectivity index is 2.55. The Morgan fingerprint density at radius 2 is 2.42 bits per heavy atom. The van der Waals surface area contributed by atoms with Crippen molar-refractivity contribution >= 4 is 11.6 Å². The molecule has 0 aliphatic rings. The molecule has 1 aromatic carbocycles. The number of nitrogens with zero attached hydrogens (tertiary/aromatic N) is 2. The maximum Gasteiger partial charge on any atom is 0.0832 e. The molecule has 0 aliphatic heterocycles. The third-order valence-electron chi connectivity index (χ3n) is 1.54. The SMILES string of the molecule is Clc1c[c]ccc1-n1cccn1. The molecule has 0 atom stereocenters. The van der Waals surface area contributed by atoms with Crippen LogP contribution < -0.4 is 0 Å². The molecule has 3 heteroatoms. The molecular weight excluding hydrogens is 172 g/mol. The van der Waals surface area contributed by atoms with Crippen LogP contribution in [-0.4, -0.2) is 9.78 Å². The van der Waals surface area contributed by atoms with Gasteiger partial charge in [0.15, 0.2) is 0 Å². The lowest BCUT2D eigenvalue weighted by molar-refractivity contribution is 0.881. The van der Waals surface area contributed by atoms with Gasteiger partial charge >= 0.3 is 0 Å². The van der Waals surface area contributed by atoms with E-state index in [0.717, 1.165) is 5.69 Å². The molecule has 1 aromatic heterocycles. The first kappa shape index (κ1) is 7.37. The minimum absolute atomic E-state index is 0.654. The van der Waals surface area contributed by atoms with Gasteiger partial charge in [-0.15, -0.1) is 0 Å². The van der Waals surface area contributed by atoms with Crippen molar-refractivity contribution in [1.82, 2.24) is 9.78 Å². The summed E-state index contributed by atoms with van der Waals surface area (Å²) in [5.41, 5.74) is 0.875. The number of hydrogen-bond donors (Lipinski definition) is 0. The molecule has 2 rings (SSSR count). The van der Waals surface area contributed by atoms with Gasteiger partial charge in [0, 0.05) is 12.4 Å². The molecule has 12 heavy (non-hydrogen) atoms. The molecule has 1 heterocycles. The Kier molecular flexibility index (Phi) is 1.84. The molecule has 0 amide bonds. The average Bonchev–Trinajstić information content (AvgIpc) is 2.57. The van der Waals surface area contributed by atoms with Crippen molar-refractivity contribution in [3.63, 3.8) is 0 Å². The van der Waals surface area contributed by atoms with Crippen LogP contribution in [0.15, 0.2) is 36.7 Å². The maximum absolute atomic E-state index is 5.92. The molecule has 0 bridgehead atoms. The van der Waals surface area contributed by atoms with E-state index < -0.39 is 0 Å². The summed E-state index contributed by atoms with van der Waals surface area (Å²) in [4.78, 5) is 0. The molecular formula is C9H6ClN2. The normalized spacial score (nSPS) is 10.1. The lowest BCUT2D eigenvalue weighted by atomic mass is 10.3. The minimum Gasteiger partial charge on any atom is -0.239 e. The molecule has 0 N–H and O–H groups in total. The van der Waals surface area contributed by atoms with E-state index in [1.807, 2.05) is 24.4 Å². The van der Waals surface area contributed by atoms with Crippen LogP contribution in [0.3, 0.4) is 0 Å². The van der Waals surface area contributed by atoms with Crippen molar-refractivity contribution in [2.45, 2.75) is 0 Å². The third kappa shape index (κ3) is 1.21. The van der Waals surface area contributed by atoms with Crippen LogP contribution in [0.2, 0.25) is 5.02 Å². The fraction of sp³-hybridized carbons (Fsp3) is 0. The van der Waals surface area contributed by atoms with E-state index in [9.17, 15) is 0 Å². The second kappa shape index (κ2) is 2.99. The predicted molar refractivity (Wildman–Crippen MR) is 47.4 cm³/mol. The number of aromatic nitrogens is 2. The monoisotopic (exact) mass is 177 g/mol. The van der Waals surface area contributed by atoms with Gasteiger partial charge in [-0.05, 0) is 24.3 Å². The Morgan fingerprint density at radius 3 is 3.08 bits per heavy atom. The zero-order valence-electron chi connectivity index (χ0n) is 6.24. The largest absolute Gasteiger partial charge is 0.239 e. The fourth-order valence-corrected chi connectivity index (χ4v) is 1.21. The molecule has 0 fully saturated rings. The second-order valence-corrected chi connectivity index (χ2v) is 2.74. The van der Waals surface area contributed by atoms with E-state index in [-0.39, 0.29) is 0 Å². The zero-order chi connectivity index (χ0) is 8.39. The number of hydrogen-bond acceptors (Lipinski definition) is 1. The van der Waals surface area contributed by atoms with E-state index >= 15 is 0 Å². The molecule has 2 aromatic rings. The molecule has 0 spiro atoms. The van der Waals surface area contributed by atoms with Crippen molar-refractivity contribution in [2.75, 3.05) is 0 Å². The molecule has 1 radical (unpaired) electrons. The predicted octanol–water partition coefficient (Wildman–Crippen LogP) is 2.33. The first-order chi connectivity index (χ1) is 5.88. The van der Waals surface area contributed by atoms with Gasteiger partial charge in [-0.2, -0.15) is 5.10 Å². The Bertz CT molecular complexity index is 368. The van der Waals surface area contributed by atoms with Crippen LogP contribution in [0.4, 0.5) is 0 Å². The van der Waals surface area contributed by atoms with Crippen LogP contribution in [0, 0.1) is 6.07 Å². The van der Waals surface area contributed by atoms with Gasteiger partial charge in [0.1, 0.15) is 0 Å². The first-order valence-electron chi connectivity index (χ1n) is 3.53. The van der Waals surface area contributed by atoms with Crippen molar-refractivity contribution in [2.24, 2.45) is 0 Å². The summed E-state index contributed by atoms with van der Waals surface area (Å²) >= 11 is 5.92. The lowest BCUT2D eigenvalue weighted by Crippen LogP contribution is -1.94. The highest BCUT2D eigenvalue weighted by atomic mass is 35.5. The fourth-order valence-electron chi connectivity index (χ4n) is 0.999. The average molecular weight is 178 g/mol. The molecule has 0 unspecified atom stereocenters. The van der Waals surface area contributed by atoms with Gasteiger partial charge in [0.25, 0.3) is 0 Å². The van der Waals surface area contributed by atoms with Gasteiger partial charge in [-0.1, -0.05) is 17.7 Å². The lowest BCUT2D eigenvalue weighted by Gasteiger charge is -2.01. The van der Waals surface area contributed by atoms with Gasteiger partial charge in [0.2, 0.25) is 0 Å². The van der Waals surface area contributed by atoms with E-state index in [4.69, 9.17) is 11.6 Å². The standard InChI is InChI=1S/C9H6ClN2/c10-8-4-1-2-5-9(8)12-7-3-6-11-12/h2-7H. The number of rotatable bonds is 1. The smallest absolute Gasteiger partial charge is 0.0832 e. The Morgan fingerprint density at radius 1 is 1.50 bits per heavy atom. The minimum atomic E-state index is 0.654. The Hall–Kier alpha value is -1.28. The molecule has 59 valence electrons. The highest BCUT2D eigenvalue weighted by molar-refractivity contribution is 6.32. The summed E-state index contributed by atoms with van der Waals surface area (Å²) < 4.78 is 1.72. The van der Waals surface area contributed by atoms with E-state index in [0.29, 0.717) is 5.02 Å². The van der Waals surface area contributed by atoms with Crippen LogP contribution in [0.1, 0.15) is 0 Å². The van der Waals surface area contributed by atoms with Gasteiger partial charge < -0.3 is 0 Å². The van der Waals surface area contributed by atoms with Crippen molar-refractivity contribution in [3.05, 3.63) is 47.7 Å². The highest BCUT2D eigenvalue weighted by Gasteiger charge is 1.99. The molecule has 0 aliphatic carbocycles. The highest BCUT2D eigenvalue weighted by Crippen LogP contribution is 2.17. The molecule has 0 saturated carbocycles. The van der Waals surface area contributed by atoms with Crippen LogP contribution in [-0.2, 0) is 0 Å². The summed E-state index contributed by atoms with van der Waals surface area (Å²) in [5, 5.41) is 4.72. The van der Waals surface area contributed by atoms with Crippen LogP contribution in [0.25, 0.3) is 5.69 Å². The van der Waals surface area contributed by atoms with Gasteiger partial charge in [-0.25, -0.2) is 4.68 Å². The van der Waals surface area contributed by atoms with E-state index in [1.54, 1.807) is 16.9 Å². The van der Waals surface area contributed by atoms with E-state index in [1.165, 1.54) is 0 Å². The zero-order valence-corrected chi connectivity index (χ0v) is 6.99. The summed E-state index contributed by atoms with van der Waals surface area (Å²) in [5.74, 6) is 0. The van der Waals surface area contributed by atoms with Gasteiger partial charge in [-0.3, -0.25) is 0 Å². The van der Waals surface area contributed by atoms with Crippen molar-refractivity contribution in [1.29, 1.82) is 0 Å². The summed E-state index contributed by atoms with van der Waals surface area (Å²) in [6.45, 7) is 0. The summed E-state index contributed by atoms with van der Waals surface area (Å²) in [7, 11) is 0. The van der Waals surface area contributed by atoms with E-state index in [2.05, 4.69) is 11.2 Å². The summed E-state index contributed by atoms with van der Waals surface area (Å²) in [6.07, 6.45) is 3.56. The van der Waals surface area contributed by atoms with Gasteiger partial charge in [0.05, 0.1) is 10.7 Å². The topological polar surface area (TPSA) is 17.8 Å². The van der Waals surface area contributed by atoms with Crippen LogP contribution in [0.5, 0.6) is 0 Å².